The van der Waals surface area contributed by atoms with Crippen LogP contribution in [0.15, 0.2) is 10.7 Å². The van der Waals surface area contributed by atoms with E-state index in [0.29, 0.717) is 0 Å². The number of nitrogens with one attached hydrogen (secondary N) is 1. The molecular formula is C7H13N3OS2. The van der Waals surface area contributed by atoms with Crippen LogP contribution in [0.1, 0.15) is 6.92 Å². The van der Waals surface area contributed by atoms with E-state index in [4.69, 9.17) is 5.11 Å². The minimum absolute atomic E-state index is 0.120. The molecule has 1 unspecified atom stereocenters. The quantitative estimate of drug-likeness (QED) is 0.710. The lowest BCUT2D eigenvalue weighted by Gasteiger charge is -2.25. The van der Waals surface area contributed by atoms with E-state index < -0.39 is 0 Å². The summed E-state index contributed by atoms with van der Waals surface area (Å²) >= 11 is 2.98. The summed E-state index contributed by atoms with van der Waals surface area (Å²) in [5.74, 6) is 0.787. The Morgan fingerprint density at radius 1 is 1.77 bits per heavy atom. The van der Waals surface area contributed by atoms with Gasteiger partial charge in [-0.3, -0.25) is 0 Å². The first-order valence-corrected chi connectivity index (χ1v) is 5.65. The highest BCUT2D eigenvalue weighted by Crippen LogP contribution is 2.22. The Kier molecular flexibility index (Phi) is 4.11. The maximum absolute atomic E-state index is 9.11. The lowest BCUT2D eigenvalue weighted by molar-refractivity contribution is 0.200. The molecule has 0 radical (unpaired) electrons. The molecule has 1 aromatic heterocycles. The first kappa shape index (κ1) is 10.9. The van der Waals surface area contributed by atoms with Crippen LogP contribution in [0, 0.1) is 0 Å². The third kappa shape index (κ3) is 3.22. The van der Waals surface area contributed by atoms with Crippen molar-refractivity contribution in [2.24, 2.45) is 0 Å². The van der Waals surface area contributed by atoms with Gasteiger partial charge in [-0.15, -0.1) is 0 Å². The van der Waals surface area contributed by atoms with Crippen molar-refractivity contribution in [2.75, 3.05) is 19.4 Å². The molecule has 1 rings (SSSR count). The second-order valence-corrected chi connectivity index (χ2v) is 4.97. The molecule has 2 N–H and O–H groups in total. The van der Waals surface area contributed by atoms with Crippen LogP contribution in [0.5, 0.6) is 0 Å². The number of thioether (sulfide) groups is 1. The summed E-state index contributed by atoms with van der Waals surface area (Å²) in [6.45, 7) is 2.09. The van der Waals surface area contributed by atoms with Crippen LogP contribution in [0.25, 0.3) is 0 Å². The smallest absolute Gasteiger partial charge is 0.169 e. The van der Waals surface area contributed by atoms with Crippen molar-refractivity contribution >= 4 is 23.3 Å². The third-order valence-corrected chi connectivity index (χ3v) is 3.98. The van der Waals surface area contributed by atoms with Crippen molar-refractivity contribution in [3.8, 4) is 0 Å². The molecule has 4 nitrogen and oxygen atoms in total. The van der Waals surface area contributed by atoms with E-state index in [1.54, 1.807) is 18.1 Å². The molecule has 74 valence electrons. The van der Waals surface area contributed by atoms with E-state index in [2.05, 4.69) is 14.7 Å². The lowest BCUT2D eigenvalue weighted by atomic mass is 10.1. The standard InChI is InChI=1S/C7H13N3OS2/c1-7(3-11,8-2)4-12-6-9-5-10-13-6/h5,8,11H,3-4H2,1-2H3. The van der Waals surface area contributed by atoms with Gasteiger partial charge in [0.05, 0.1) is 6.61 Å². The summed E-state index contributed by atoms with van der Waals surface area (Å²) in [5.41, 5.74) is -0.240. The minimum Gasteiger partial charge on any atom is -0.394 e. The predicted octanol–water partition coefficient (Wildman–Crippen LogP) is 0.601. The molecule has 0 aromatic carbocycles. The van der Waals surface area contributed by atoms with E-state index in [9.17, 15) is 0 Å². The van der Waals surface area contributed by atoms with Crippen molar-refractivity contribution in [1.29, 1.82) is 0 Å². The number of hydrogen-bond donors (Lipinski definition) is 2. The first-order chi connectivity index (χ1) is 6.20. The van der Waals surface area contributed by atoms with Gasteiger partial charge < -0.3 is 10.4 Å². The van der Waals surface area contributed by atoms with Gasteiger partial charge in [-0.2, -0.15) is 4.37 Å². The third-order valence-electron chi connectivity index (χ3n) is 1.81. The molecular weight excluding hydrogens is 206 g/mol. The lowest BCUT2D eigenvalue weighted by Crippen LogP contribution is -2.45. The second-order valence-electron chi connectivity index (χ2n) is 2.96. The van der Waals surface area contributed by atoms with Crippen molar-refractivity contribution in [2.45, 2.75) is 16.8 Å². The molecule has 0 aliphatic heterocycles. The molecule has 0 saturated heterocycles. The molecule has 1 aromatic rings. The zero-order valence-electron chi connectivity index (χ0n) is 7.65. The molecule has 13 heavy (non-hydrogen) atoms. The summed E-state index contributed by atoms with van der Waals surface area (Å²) in [5, 5.41) is 12.2. The zero-order valence-corrected chi connectivity index (χ0v) is 9.28. The average molecular weight is 219 g/mol. The molecule has 1 heterocycles. The number of likely N-dealkylation sites (N-methyl/N-ethyl adjacent to an activating group) is 1. The largest absolute Gasteiger partial charge is 0.394 e. The fourth-order valence-corrected chi connectivity index (χ4v) is 2.24. The predicted molar refractivity (Wildman–Crippen MR) is 55.2 cm³/mol. The normalized spacial score (nSPS) is 15.6. The second kappa shape index (κ2) is 4.90. The number of aliphatic hydroxyl groups is 1. The Balaban J connectivity index is 2.41. The Morgan fingerprint density at radius 3 is 3.00 bits per heavy atom. The van der Waals surface area contributed by atoms with Gasteiger partial charge in [-0.05, 0) is 25.5 Å². The van der Waals surface area contributed by atoms with Gasteiger partial charge >= 0.3 is 0 Å². The van der Waals surface area contributed by atoms with Gasteiger partial charge in [-0.25, -0.2) is 4.98 Å². The molecule has 0 spiro atoms. The van der Waals surface area contributed by atoms with Crippen molar-refractivity contribution in [3.63, 3.8) is 0 Å². The first-order valence-electron chi connectivity index (χ1n) is 3.89. The number of aromatic nitrogens is 2. The van der Waals surface area contributed by atoms with Crippen molar-refractivity contribution in [3.05, 3.63) is 6.33 Å². The van der Waals surface area contributed by atoms with Gasteiger partial charge in [0.15, 0.2) is 4.34 Å². The van der Waals surface area contributed by atoms with Gasteiger partial charge in [0.25, 0.3) is 0 Å². The van der Waals surface area contributed by atoms with Crippen LogP contribution in [0.2, 0.25) is 0 Å². The van der Waals surface area contributed by atoms with E-state index in [1.165, 1.54) is 11.5 Å². The minimum atomic E-state index is -0.240. The van der Waals surface area contributed by atoms with Crippen LogP contribution in [-0.2, 0) is 0 Å². The van der Waals surface area contributed by atoms with Gasteiger partial charge in [0.1, 0.15) is 6.33 Å². The van der Waals surface area contributed by atoms with E-state index >= 15 is 0 Å². The highest BCUT2D eigenvalue weighted by Gasteiger charge is 2.21. The van der Waals surface area contributed by atoms with E-state index in [-0.39, 0.29) is 12.1 Å². The molecule has 0 bridgehead atoms. The molecule has 0 saturated carbocycles. The van der Waals surface area contributed by atoms with Crippen LogP contribution < -0.4 is 5.32 Å². The van der Waals surface area contributed by atoms with E-state index in [0.717, 1.165) is 10.1 Å². The van der Waals surface area contributed by atoms with Crippen LogP contribution in [0.3, 0.4) is 0 Å². The molecule has 1 atom stereocenters. The van der Waals surface area contributed by atoms with Crippen LogP contribution in [0.4, 0.5) is 0 Å². The summed E-state index contributed by atoms with van der Waals surface area (Å²) < 4.78 is 4.84. The van der Waals surface area contributed by atoms with Crippen molar-refractivity contribution < 1.29 is 5.11 Å². The number of nitrogens with zero attached hydrogens (tertiary/aromatic N) is 2. The summed E-state index contributed by atoms with van der Waals surface area (Å²) in [6.07, 6.45) is 1.54. The Bertz CT molecular complexity index is 236. The maximum atomic E-state index is 9.11. The molecule has 0 aliphatic carbocycles. The summed E-state index contributed by atoms with van der Waals surface area (Å²) in [6, 6.07) is 0. The fourth-order valence-electron chi connectivity index (χ4n) is 0.644. The van der Waals surface area contributed by atoms with Gasteiger partial charge in [0.2, 0.25) is 0 Å². The van der Waals surface area contributed by atoms with Crippen LogP contribution in [-0.4, -0.2) is 39.4 Å². The highest BCUT2D eigenvalue weighted by molar-refractivity contribution is 8.01. The van der Waals surface area contributed by atoms with Gasteiger partial charge in [-0.1, -0.05) is 11.8 Å². The molecule has 6 heteroatoms. The zero-order chi connectivity index (χ0) is 9.73. The van der Waals surface area contributed by atoms with Crippen LogP contribution >= 0.6 is 23.3 Å². The van der Waals surface area contributed by atoms with Crippen molar-refractivity contribution in [1.82, 2.24) is 14.7 Å². The topological polar surface area (TPSA) is 58.0 Å². The summed E-state index contributed by atoms with van der Waals surface area (Å²) in [7, 11) is 1.84. The Hall–Kier alpha value is -0.170. The number of aliphatic hydroxyl groups excluding tert-OH is 1. The van der Waals surface area contributed by atoms with E-state index in [1.807, 2.05) is 14.0 Å². The molecule has 0 aliphatic rings. The van der Waals surface area contributed by atoms with Gasteiger partial charge in [0, 0.05) is 11.3 Å². The maximum Gasteiger partial charge on any atom is 0.169 e. The molecule has 0 fully saturated rings. The Morgan fingerprint density at radius 2 is 2.54 bits per heavy atom. The summed E-state index contributed by atoms with van der Waals surface area (Å²) in [4.78, 5) is 4.05. The number of rotatable bonds is 5. The SMILES string of the molecule is CNC(C)(CO)CSc1ncns1. The monoisotopic (exact) mass is 219 g/mol. The fraction of sp³-hybridized carbons (Fsp3) is 0.714. The highest BCUT2D eigenvalue weighted by atomic mass is 32.2. The number of hydrogen-bond acceptors (Lipinski definition) is 6. The molecule has 0 amide bonds. The Labute approximate surface area is 85.9 Å². The average Bonchev–Trinajstić information content (AvgIpc) is 2.67.